The Hall–Kier alpha value is -0.970. The summed E-state index contributed by atoms with van der Waals surface area (Å²) in [5, 5.41) is 3.16. The Labute approximate surface area is 173 Å². The largest absolute Gasteiger partial charge is 0.379 e. The molecule has 3 N–H and O–H groups in total. The van der Waals surface area contributed by atoms with Crippen LogP contribution in [0, 0.1) is 5.82 Å². The molecule has 148 valence electrons. The summed E-state index contributed by atoms with van der Waals surface area (Å²) in [4.78, 5) is 8.83. The number of benzene rings is 1. The first-order valence-electron chi connectivity index (χ1n) is 8.82. The van der Waals surface area contributed by atoms with Crippen molar-refractivity contribution in [2.24, 2.45) is 10.7 Å². The van der Waals surface area contributed by atoms with Gasteiger partial charge in [-0.2, -0.15) is 0 Å². The van der Waals surface area contributed by atoms with Gasteiger partial charge in [-0.1, -0.05) is 12.1 Å². The number of nitrogens with one attached hydrogen (secondary N) is 1. The number of hydrogen-bond acceptors (Lipinski definition) is 4. The average Bonchev–Trinajstić information content (AvgIpc) is 2.59. The number of rotatable bonds is 8. The topological polar surface area (TPSA) is 66.1 Å². The predicted octanol–water partition coefficient (Wildman–Crippen LogP) is 1.67. The molecule has 0 aliphatic carbocycles. The van der Waals surface area contributed by atoms with Gasteiger partial charge in [-0.05, 0) is 44.8 Å². The van der Waals surface area contributed by atoms with Crippen LogP contribution in [0.4, 0.5) is 4.39 Å². The summed E-state index contributed by atoms with van der Waals surface area (Å²) in [6.07, 6.45) is 1.01. The van der Waals surface area contributed by atoms with Gasteiger partial charge < -0.3 is 20.7 Å². The zero-order valence-corrected chi connectivity index (χ0v) is 18.0. The average molecular weight is 479 g/mol. The molecule has 1 unspecified atom stereocenters. The molecule has 1 aliphatic heterocycles. The number of aliphatic imine (C=N–C) groups is 1. The SMILES string of the molecule is CN(C)C(CN=C(N)NCCCN1CCOCC1)c1cccc(F)c1.I. The number of nitrogens with two attached hydrogens (primary N) is 1. The van der Waals surface area contributed by atoms with Crippen molar-refractivity contribution in [3.8, 4) is 0 Å². The second-order valence-electron chi connectivity index (χ2n) is 6.49. The van der Waals surface area contributed by atoms with Crippen molar-refractivity contribution in [3.63, 3.8) is 0 Å². The molecule has 0 saturated carbocycles. The van der Waals surface area contributed by atoms with E-state index in [4.69, 9.17) is 10.5 Å². The van der Waals surface area contributed by atoms with Crippen molar-refractivity contribution >= 4 is 29.9 Å². The van der Waals surface area contributed by atoms with Gasteiger partial charge in [0, 0.05) is 19.6 Å². The monoisotopic (exact) mass is 479 g/mol. The number of hydrogen-bond donors (Lipinski definition) is 2. The fraction of sp³-hybridized carbons (Fsp3) is 0.611. The Balaban J connectivity index is 0.00000338. The zero-order valence-electron chi connectivity index (χ0n) is 15.7. The minimum absolute atomic E-state index is 0. The molecule has 1 aromatic rings. The number of likely N-dealkylation sites (N-methyl/N-ethyl adjacent to an activating group) is 1. The Morgan fingerprint density at radius 2 is 2.12 bits per heavy atom. The molecule has 0 radical (unpaired) electrons. The first-order chi connectivity index (χ1) is 12.1. The van der Waals surface area contributed by atoms with E-state index in [1.165, 1.54) is 6.07 Å². The number of nitrogens with zero attached hydrogens (tertiary/aromatic N) is 3. The standard InChI is InChI=1S/C18H30FN5O.HI/c1-23(2)17(15-5-3-6-16(19)13-15)14-22-18(20)21-7-4-8-24-9-11-25-12-10-24;/h3,5-6,13,17H,4,7-12,14H2,1-2H3,(H3,20,21,22);1H. The molecule has 1 fully saturated rings. The van der Waals surface area contributed by atoms with Crippen LogP contribution in [-0.2, 0) is 4.74 Å². The van der Waals surface area contributed by atoms with E-state index in [9.17, 15) is 4.39 Å². The highest BCUT2D eigenvalue weighted by atomic mass is 127. The van der Waals surface area contributed by atoms with Gasteiger partial charge >= 0.3 is 0 Å². The van der Waals surface area contributed by atoms with Gasteiger partial charge in [0.15, 0.2) is 5.96 Å². The smallest absolute Gasteiger partial charge is 0.188 e. The molecule has 0 amide bonds. The Morgan fingerprint density at radius 1 is 1.38 bits per heavy atom. The van der Waals surface area contributed by atoms with Gasteiger partial charge in [-0.25, -0.2) is 4.39 Å². The van der Waals surface area contributed by atoms with E-state index in [1.54, 1.807) is 12.1 Å². The van der Waals surface area contributed by atoms with E-state index in [2.05, 4.69) is 15.2 Å². The lowest BCUT2D eigenvalue weighted by molar-refractivity contribution is 0.0376. The number of ether oxygens (including phenoxy) is 1. The third-order valence-corrected chi connectivity index (χ3v) is 4.35. The van der Waals surface area contributed by atoms with Crippen molar-refractivity contribution in [2.45, 2.75) is 12.5 Å². The van der Waals surface area contributed by atoms with E-state index in [-0.39, 0.29) is 35.8 Å². The number of morpholine rings is 1. The van der Waals surface area contributed by atoms with Crippen LogP contribution < -0.4 is 11.1 Å². The van der Waals surface area contributed by atoms with Gasteiger partial charge in [0.1, 0.15) is 5.82 Å². The molecule has 0 bridgehead atoms. The molecule has 1 aromatic carbocycles. The molecular formula is C18H31FIN5O. The summed E-state index contributed by atoms with van der Waals surface area (Å²) >= 11 is 0. The first kappa shape index (κ1) is 23.1. The summed E-state index contributed by atoms with van der Waals surface area (Å²) in [5.41, 5.74) is 6.86. The molecule has 2 rings (SSSR count). The lowest BCUT2D eigenvalue weighted by Crippen LogP contribution is -2.39. The minimum Gasteiger partial charge on any atom is -0.379 e. The maximum Gasteiger partial charge on any atom is 0.188 e. The van der Waals surface area contributed by atoms with Gasteiger partial charge in [-0.3, -0.25) is 9.89 Å². The summed E-state index contributed by atoms with van der Waals surface area (Å²) in [6, 6.07) is 6.62. The van der Waals surface area contributed by atoms with Crippen LogP contribution >= 0.6 is 24.0 Å². The molecular weight excluding hydrogens is 448 g/mol. The number of guanidine groups is 1. The normalized spacial score (nSPS) is 17.0. The van der Waals surface area contributed by atoms with E-state index < -0.39 is 0 Å². The molecule has 6 nitrogen and oxygen atoms in total. The molecule has 1 heterocycles. The Morgan fingerprint density at radius 3 is 2.77 bits per heavy atom. The van der Waals surface area contributed by atoms with Crippen molar-refractivity contribution in [3.05, 3.63) is 35.6 Å². The first-order valence-corrected chi connectivity index (χ1v) is 8.82. The highest BCUT2D eigenvalue weighted by molar-refractivity contribution is 14.0. The van der Waals surface area contributed by atoms with Crippen LogP contribution in [-0.4, -0.2) is 75.8 Å². The molecule has 1 aliphatic rings. The fourth-order valence-corrected chi connectivity index (χ4v) is 2.87. The van der Waals surface area contributed by atoms with Crippen LogP contribution in [0.3, 0.4) is 0 Å². The van der Waals surface area contributed by atoms with Gasteiger partial charge in [0.2, 0.25) is 0 Å². The van der Waals surface area contributed by atoms with Crippen LogP contribution in [0.15, 0.2) is 29.3 Å². The second-order valence-corrected chi connectivity index (χ2v) is 6.49. The minimum atomic E-state index is -0.234. The van der Waals surface area contributed by atoms with Crippen molar-refractivity contribution in [2.75, 3.05) is 60.0 Å². The quantitative estimate of drug-likeness (QED) is 0.257. The van der Waals surface area contributed by atoms with Crippen molar-refractivity contribution in [1.82, 2.24) is 15.1 Å². The van der Waals surface area contributed by atoms with Gasteiger partial charge in [0.05, 0.1) is 25.8 Å². The Kier molecular flexibility index (Phi) is 11.0. The third-order valence-electron chi connectivity index (χ3n) is 4.35. The summed E-state index contributed by atoms with van der Waals surface area (Å²) < 4.78 is 18.8. The zero-order chi connectivity index (χ0) is 18.1. The van der Waals surface area contributed by atoms with Crippen LogP contribution in [0.1, 0.15) is 18.0 Å². The maximum absolute atomic E-state index is 13.4. The fourth-order valence-electron chi connectivity index (χ4n) is 2.87. The molecule has 26 heavy (non-hydrogen) atoms. The van der Waals surface area contributed by atoms with E-state index in [0.717, 1.165) is 51.4 Å². The summed E-state index contributed by atoms with van der Waals surface area (Å²) in [7, 11) is 3.91. The molecule has 0 aromatic heterocycles. The highest BCUT2D eigenvalue weighted by Gasteiger charge is 2.14. The van der Waals surface area contributed by atoms with Gasteiger partial charge in [-0.15, -0.1) is 24.0 Å². The molecule has 0 spiro atoms. The second kappa shape index (κ2) is 12.4. The highest BCUT2D eigenvalue weighted by Crippen LogP contribution is 2.19. The van der Waals surface area contributed by atoms with Crippen LogP contribution in [0.25, 0.3) is 0 Å². The lowest BCUT2D eigenvalue weighted by Gasteiger charge is -2.26. The Bertz CT molecular complexity index is 552. The van der Waals surface area contributed by atoms with Crippen molar-refractivity contribution < 1.29 is 9.13 Å². The maximum atomic E-state index is 13.4. The van der Waals surface area contributed by atoms with E-state index in [1.807, 2.05) is 25.1 Å². The third kappa shape index (κ3) is 8.15. The summed E-state index contributed by atoms with van der Waals surface area (Å²) in [6.45, 7) is 5.96. The number of halogens is 2. The van der Waals surface area contributed by atoms with Gasteiger partial charge in [0.25, 0.3) is 0 Å². The van der Waals surface area contributed by atoms with E-state index >= 15 is 0 Å². The van der Waals surface area contributed by atoms with Crippen molar-refractivity contribution in [1.29, 1.82) is 0 Å². The molecule has 1 saturated heterocycles. The van der Waals surface area contributed by atoms with E-state index in [0.29, 0.717) is 12.5 Å². The lowest BCUT2D eigenvalue weighted by atomic mass is 10.1. The van der Waals surface area contributed by atoms with Crippen LogP contribution in [0.5, 0.6) is 0 Å². The van der Waals surface area contributed by atoms with Crippen LogP contribution in [0.2, 0.25) is 0 Å². The summed E-state index contributed by atoms with van der Waals surface area (Å²) in [5.74, 6) is 0.202. The molecule has 8 heteroatoms. The predicted molar refractivity (Wildman–Crippen MR) is 115 cm³/mol. The molecule has 1 atom stereocenters.